The Balaban J connectivity index is 3.00. The van der Waals surface area contributed by atoms with Crippen molar-refractivity contribution in [3.05, 3.63) is 29.3 Å². The van der Waals surface area contributed by atoms with E-state index >= 15 is 0 Å². The third-order valence-electron chi connectivity index (χ3n) is 3.04. The molecule has 3 nitrogen and oxygen atoms in total. The van der Waals surface area contributed by atoms with Crippen molar-refractivity contribution >= 4 is 17.7 Å². The number of nitrogens with zero attached hydrogens (tertiary/aromatic N) is 2. The molecule has 0 aliphatic carbocycles. The molecule has 0 bridgehead atoms. The summed E-state index contributed by atoms with van der Waals surface area (Å²) in [6.07, 6.45) is 2.34. The summed E-state index contributed by atoms with van der Waals surface area (Å²) in [5.74, 6) is -0.0221. The Morgan fingerprint density at radius 2 is 2.22 bits per heavy atom. The van der Waals surface area contributed by atoms with Gasteiger partial charge in [-0.1, -0.05) is 6.07 Å². The van der Waals surface area contributed by atoms with E-state index in [1.54, 1.807) is 23.7 Å². The van der Waals surface area contributed by atoms with E-state index < -0.39 is 0 Å². The van der Waals surface area contributed by atoms with Gasteiger partial charge >= 0.3 is 0 Å². The molecule has 1 aromatic carbocycles. The van der Waals surface area contributed by atoms with E-state index in [4.69, 9.17) is 5.26 Å². The monoisotopic (exact) mass is 262 g/mol. The Morgan fingerprint density at radius 1 is 1.56 bits per heavy atom. The van der Waals surface area contributed by atoms with E-state index in [1.807, 2.05) is 38.3 Å². The summed E-state index contributed by atoms with van der Waals surface area (Å²) in [5, 5.41) is 8.68. The summed E-state index contributed by atoms with van der Waals surface area (Å²) < 4.78 is 0. The fourth-order valence-electron chi connectivity index (χ4n) is 1.62. The van der Waals surface area contributed by atoms with Crippen molar-refractivity contribution in [3.8, 4) is 6.07 Å². The maximum atomic E-state index is 12.4. The van der Waals surface area contributed by atoms with Gasteiger partial charge in [0.05, 0.1) is 12.5 Å². The number of thioether (sulfide) groups is 1. The molecule has 18 heavy (non-hydrogen) atoms. The third-order valence-corrected chi connectivity index (χ3v) is 3.77. The van der Waals surface area contributed by atoms with Crippen LogP contribution in [0.25, 0.3) is 0 Å². The molecule has 1 aromatic rings. The van der Waals surface area contributed by atoms with Crippen LogP contribution in [-0.2, 0) is 0 Å². The molecule has 4 heteroatoms. The highest BCUT2D eigenvalue weighted by Gasteiger charge is 2.19. The zero-order valence-electron chi connectivity index (χ0n) is 11.2. The van der Waals surface area contributed by atoms with Gasteiger partial charge in [-0.05, 0) is 37.8 Å². The summed E-state index contributed by atoms with van der Waals surface area (Å²) >= 11 is 1.62. The molecule has 1 rings (SSSR count). The minimum atomic E-state index is -0.0696. The fraction of sp³-hybridized carbons (Fsp3) is 0.429. The van der Waals surface area contributed by atoms with Crippen molar-refractivity contribution in [2.75, 3.05) is 13.3 Å². The Hall–Kier alpha value is -1.47. The summed E-state index contributed by atoms with van der Waals surface area (Å²) in [6.45, 7) is 3.81. The lowest BCUT2D eigenvalue weighted by atomic mass is 10.1. The minimum absolute atomic E-state index is 0.0221. The van der Waals surface area contributed by atoms with Crippen molar-refractivity contribution in [1.29, 1.82) is 5.26 Å². The lowest BCUT2D eigenvalue weighted by Crippen LogP contribution is -2.35. The summed E-state index contributed by atoms with van der Waals surface area (Å²) in [4.78, 5) is 15.1. The van der Waals surface area contributed by atoms with Gasteiger partial charge < -0.3 is 4.90 Å². The van der Waals surface area contributed by atoms with Crippen LogP contribution < -0.4 is 0 Å². The largest absolute Gasteiger partial charge is 0.338 e. The van der Waals surface area contributed by atoms with Crippen LogP contribution >= 0.6 is 11.8 Å². The first-order valence-corrected chi connectivity index (χ1v) is 7.02. The van der Waals surface area contributed by atoms with Gasteiger partial charge in [0.25, 0.3) is 5.91 Å². The van der Waals surface area contributed by atoms with Gasteiger partial charge in [-0.25, -0.2) is 0 Å². The number of rotatable bonds is 4. The van der Waals surface area contributed by atoms with Crippen molar-refractivity contribution in [2.24, 2.45) is 0 Å². The number of hydrogen-bond acceptors (Lipinski definition) is 3. The number of benzene rings is 1. The van der Waals surface area contributed by atoms with Gasteiger partial charge in [-0.15, -0.1) is 11.8 Å². The van der Waals surface area contributed by atoms with Gasteiger partial charge in [-0.2, -0.15) is 5.26 Å². The van der Waals surface area contributed by atoms with Crippen LogP contribution in [0.15, 0.2) is 23.1 Å². The molecule has 0 aliphatic heterocycles. The van der Waals surface area contributed by atoms with Crippen molar-refractivity contribution in [1.82, 2.24) is 4.90 Å². The Kier molecular flexibility index (Phi) is 5.24. The zero-order chi connectivity index (χ0) is 13.7. The second-order valence-electron chi connectivity index (χ2n) is 4.31. The summed E-state index contributed by atoms with van der Waals surface area (Å²) in [7, 11) is 1.75. The van der Waals surface area contributed by atoms with E-state index in [9.17, 15) is 4.79 Å². The van der Waals surface area contributed by atoms with Crippen LogP contribution in [0.3, 0.4) is 0 Å². The normalized spacial score (nSPS) is 11.7. The van der Waals surface area contributed by atoms with E-state index in [1.165, 1.54) is 0 Å². The predicted molar refractivity (Wildman–Crippen MR) is 74.7 cm³/mol. The molecular weight excluding hydrogens is 244 g/mol. The highest BCUT2D eigenvalue weighted by molar-refractivity contribution is 7.98. The lowest BCUT2D eigenvalue weighted by Gasteiger charge is -2.24. The van der Waals surface area contributed by atoms with Gasteiger partial charge in [0.2, 0.25) is 0 Å². The average Bonchev–Trinajstić information content (AvgIpc) is 2.38. The van der Waals surface area contributed by atoms with E-state index in [0.29, 0.717) is 12.0 Å². The molecule has 0 unspecified atom stereocenters. The molecule has 0 saturated carbocycles. The van der Waals surface area contributed by atoms with Crippen molar-refractivity contribution < 1.29 is 4.79 Å². The molecule has 0 fully saturated rings. The fourth-order valence-corrected chi connectivity index (χ4v) is 2.06. The maximum absolute atomic E-state index is 12.4. The molecule has 0 radical (unpaired) electrons. The second kappa shape index (κ2) is 6.46. The Bertz CT molecular complexity index is 479. The Labute approximate surface area is 113 Å². The molecule has 0 heterocycles. The summed E-state index contributed by atoms with van der Waals surface area (Å²) in [5.41, 5.74) is 1.68. The highest BCUT2D eigenvalue weighted by Crippen LogP contribution is 2.20. The van der Waals surface area contributed by atoms with Gasteiger partial charge in [0, 0.05) is 23.5 Å². The molecular formula is C14H18N2OS. The van der Waals surface area contributed by atoms with Crippen LogP contribution in [-0.4, -0.2) is 30.2 Å². The maximum Gasteiger partial charge on any atom is 0.254 e. The molecule has 0 saturated heterocycles. The zero-order valence-corrected chi connectivity index (χ0v) is 12.0. The topological polar surface area (TPSA) is 44.1 Å². The second-order valence-corrected chi connectivity index (χ2v) is 5.19. The SMILES string of the molecule is CSc1ccc(C)c(C(=O)N(C)[C@@H](C)CC#N)c1. The predicted octanol–water partition coefficient (Wildman–Crippen LogP) is 3.09. The van der Waals surface area contributed by atoms with Crippen molar-refractivity contribution in [2.45, 2.75) is 31.2 Å². The number of carbonyl (C=O) groups is 1. The molecule has 0 aliphatic rings. The first-order valence-electron chi connectivity index (χ1n) is 5.80. The lowest BCUT2D eigenvalue weighted by molar-refractivity contribution is 0.0745. The Morgan fingerprint density at radius 3 is 2.78 bits per heavy atom. The molecule has 0 spiro atoms. The number of aryl methyl sites for hydroxylation is 1. The van der Waals surface area contributed by atoms with Crippen LogP contribution in [0.4, 0.5) is 0 Å². The first-order chi connectivity index (χ1) is 8.51. The average molecular weight is 262 g/mol. The van der Waals surface area contributed by atoms with Gasteiger partial charge in [0.1, 0.15) is 0 Å². The van der Waals surface area contributed by atoms with E-state index in [0.717, 1.165) is 10.5 Å². The highest BCUT2D eigenvalue weighted by atomic mass is 32.2. The van der Waals surface area contributed by atoms with Gasteiger partial charge in [-0.3, -0.25) is 4.79 Å². The smallest absolute Gasteiger partial charge is 0.254 e. The summed E-state index contributed by atoms with van der Waals surface area (Å²) in [6, 6.07) is 7.91. The molecule has 1 atom stereocenters. The van der Waals surface area contributed by atoms with E-state index in [-0.39, 0.29) is 11.9 Å². The van der Waals surface area contributed by atoms with Crippen LogP contribution in [0.1, 0.15) is 29.3 Å². The third kappa shape index (κ3) is 3.27. The first kappa shape index (κ1) is 14.6. The standard InChI is InChI=1S/C14H18N2OS/c1-10-5-6-12(18-4)9-13(10)14(17)16(3)11(2)7-8-15/h5-6,9,11H,7H2,1-4H3/t11-/m0/s1. The number of amides is 1. The number of nitriles is 1. The van der Waals surface area contributed by atoms with Crippen LogP contribution in [0, 0.1) is 18.3 Å². The molecule has 0 aromatic heterocycles. The quantitative estimate of drug-likeness (QED) is 0.783. The minimum Gasteiger partial charge on any atom is -0.338 e. The van der Waals surface area contributed by atoms with Crippen LogP contribution in [0.2, 0.25) is 0 Å². The van der Waals surface area contributed by atoms with Crippen molar-refractivity contribution in [3.63, 3.8) is 0 Å². The molecule has 0 N–H and O–H groups in total. The molecule has 1 amide bonds. The number of carbonyl (C=O) groups excluding carboxylic acids is 1. The van der Waals surface area contributed by atoms with Crippen LogP contribution in [0.5, 0.6) is 0 Å². The molecule has 96 valence electrons. The number of hydrogen-bond donors (Lipinski definition) is 0. The van der Waals surface area contributed by atoms with E-state index in [2.05, 4.69) is 6.07 Å². The van der Waals surface area contributed by atoms with Gasteiger partial charge in [0.15, 0.2) is 0 Å².